The van der Waals surface area contributed by atoms with E-state index in [0.29, 0.717) is 24.5 Å². The molecule has 4 amide bonds. The van der Waals surface area contributed by atoms with Crippen LogP contribution in [-0.2, 0) is 25.5 Å². The summed E-state index contributed by atoms with van der Waals surface area (Å²) in [5, 5.41) is 7.82. The Labute approximate surface area is 386 Å². The number of aromatic nitrogens is 2. The molecule has 0 spiro atoms. The zero-order valence-corrected chi connectivity index (χ0v) is 38.6. The summed E-state index contributed by atoms with van der Waals surface area (Å²) in [6, 6.07) is 27.1. The van der Waals surface area contributed by atoms with Crippen molar-refractivity contribution in [3.05, 3.63) is 119 Å². The Bertz CT molecular complexity index is 2750. The topological polar surface area (TPSA) is 158 Å². The van der Waals surface area contributed by atoms with Crippen LogP contribution in [-0.4, -0.2) is 87.4 Å². The molecule has 1 aliphatic carbocycles. The van der Waals surface area contributed by atoms with Crippen molar-refractivity contribution in [2.75, 3.05) is 20.2 Å². The third kappa shape index (κ3) is 9.08. The number of rotatable bonds is 10. The van der Waals surface area contributed by atoms with E-state index < -0.39 is 29.9 Å². The number of likely N-dealkylation sites (tertiary alicyclic amines) is 2. The van der Waals surface area contributed by atoms with E-state index >= 15 is 0 Å². The Morgan fingerprint density at radius 3 is 2.15 bits per heavy atom. The molecule has 9 rings (SSSR count). The number of amides is 4. The van der Waals surface area contributed by atoms with Crippen molar-refractivity contribution in [1.29, 1.82) is 0 Å². The van der Waals surface area contributed by atoms with Crippen LogP contribution in [0.3, 0.4) is 0 Å². The van der Waals surface area contributed by atoms with Crippen LogP contribution in [0.1, 0.15) is 108 Å². The second kappa shape index (κ2) is 18.3. The molecule has 66 heavy (non-hydrogen) atoms. The summed E-state index contributed by atoms with van der Waals surface area (Å²) >= 11 is 0. The van der Waals surface area contributed by atoms with Gasteiger partial charge in [0.15, 0.2) is 0 Å². The number of hydrogen-bond donors (Lipinski definition) is 3. The number of nitrogens with zero attached hydrogens (tertiary/aromatic N) is 4. The average molecular weight is 890 g/mol. The number of ether oxygens (including phenoxy) is 2. The van der Waals surface area contributed by atoms with Crippen molar-refractivity contribution in [1.82, 2.24) is 30.4 Å². The Balaban J connectivity index is 0.879. The highest BCUT2D eigenvalue weighted by Gasteiger charge is 2.41. The highest BCUT2D eigenvalue weighted by atomic mass is 16.6. The Kier molecular flexibility index (Phi) is 12.3. The lowest BCUT2D eigenvalue weighted by Crippen LogP contribution is -2.53. The molecule has 3 aliphatic heterocycles. The molecular weight excluding hydrogens is 831 g/mol. The molecule has 0 saturated carbocycles. The number of hydrogen-bond acceptors (Lipinski definition) is 8. The molecule has 3 N–H and O–H groups in total. The average Bonchev–Trinajstić information content (AvgIpc) is 4.15. The third-order valence-electron chi connectivity index (χ3n) is 13.3. The fourth-order valence-electron chi connectivity index (χ4n) is 10.1. The van der Waals surface area contributed by atoms with Crippen LogP contribution in [0.2, 0.25) is 0 Å². The molecule has 0 radical (unpaired) electrons. The number of allylic oxidation sites excluding steroid dienone is 2. The van der Waals surface area contributed by atoms with E-state index in [-0.39, 0.29) is 29.8 Å². The highest BCUT2D eigenvalue weighted by molar-refractivity contribution is 6.05. The van der Waals surface area contributed by atoms with Gasteiger partial charge in [0, 0.05) is 36.5 Å². The van der Waals surface area contributed by atoms with E-state index in [1.807, 2.05) is 60.2 Å². The van der Waals surface area contributed by atoms with Gasteiger partial charge in [0.2, 0.25) is 5.91 Å². The highest BCUT2D eigenvalue weighted by Crippen LogP contribution is 2.42. The first-order chi connectivity index (χ1) is 31.7. The number of carbonyl (C=O) groups is 4. The summed E-state index contributed by atoms with van der Waals surface area (Å²) in [4.78, 5) is 70.3. The summed E-state index contributed by atoms with van der Waals surface area (Å²) in [7, 11) is 1.31. The van der Waals surface area contributed by atoms with Gasteiger partial charge in [0.1, 0.15) is 23.5 Å². The molecule has 2 fully saturated rings. The van der Waals surface area contributed by atoms with Crippen molar-refractivity contribution in [2.45, 2.75) is 109 Å². The summed E-state index contributed by atoms with van der Waals surface area (Å²) < 4.78 is 10.4. The smallest absolute Gasteiger partial charge is 0.408 e. The van der Waals surface area contributed by atoms with Gasteiger partial charge >= 0.3 is 12.2 Å². The predicted molar refractivity (Wildman–Crippen MR) is 255 cm³/mol. The molecule has 0 bridgehead atoms. The van der Waals surface area contributed by atoms with E-state index in [4.69, 9.17) is 19.5 Å². The second-order valence-corrected chi connectivity index (χ2v) is 19.3. The van der Waals surface area contributed by atoms with Gasteiger partial charge in [0.25, 0.3) is 5.91 Å². The monoisotopic (exact) mass is 889 g/mol. The first-order valence-electron chi connectivity index (χ1n) is 23.3. The van der Waals surface area contributed by atoms with Crippen LogP contribution in [0.5, 0.6) is 0 Å². The summed E-state index contributed by atoms with van der Waals surface area (Å²) in [5.41, 5.74) is 10.1. The lowest BCUT2D eigenvalue weighted by Gasteiger charge is -2.31. The number of fused-ring (bicyclic) bond motifs is 3. The van der Waals surface area contributed by atoms with Gasteiger partial charge in [-0.2, -0.15) is 0 Å². The van der Waals surface area contributed by atoms with E-state index in [0.717, 1.165) is 89.5 Å². The molecule has 1 aromatic heterocycles. The molecule has 4 heterocycles. The minimum absolute atomic E-state index is 0.0797. The van der Waals surface area contributed by atoms with Crippen LogP contribution in [0.15, 0.2) is 102 Å². The number of H-pyrrole nitrogens is 1. The molecule has 0 unspecified atom stereocenters. The number of methoxy groups -OCH3 is 1. The normalized spacial score (nSPS) is 19.0. The third-order valence-corrected chi connectivity index (χ3v) is 13.3. The van der Waals surface area contributed by atoms with Crippen LogP contribution >= 0.6 is 0 Å². The van der Waals surface area contributed by atoms with Crippen molar-refractivity contribution in [2.24, 2.45) is 10.9 Å². The van der Waals surface area contributed by atoms with Gasteiger partial charge in [-0.1, -0.05) is 86.6 Å². The van der Waals surface area contributed by atoms with E-state index in [9.17, 15) is 19.2 Å². The van der Waals surface area contributed by atoms with Gasteiger partial charge in [-0.05, 0) is 122 Å². The lowest BCUT2D eigenvalue weighted by molar-refractivity contribution is -0.135. The number of imidazole rings is 1. The standard InChI is InChI=1S/C53H59N7O6/c1-31(2)46(57-51(63)65-6)49(61)59-24-10-14-44(59)42-29-40-39-22-20-36(27-37(39)21-23-41(40)55-42)33-16-17-35-28-38(19-18-34(35)26-33)43-30-54-48(56-43)45-15-11-25-60(45)50(62)47(32-12-8-7-9-13-32)58-52(64)66-53(3,4)5/h7-9,12-13,16-20,22,26-28,30-31,44-47H,10-11,14-15,21,23-25,29H2,1-6H3,(H,54,56)(H,57,63)(H,58,64)/t44-,45-,46-,47+/m0/s1. The van der Waals surface area contributed by atoms with Crippen LogP contribution < -0.4 is 10.6 Å². The molecule has 4 aromatic carbocycles. The lowest BCUT2D eigenvalue weighted by atomic mass is 9.85. The zero-order chi connectivity index (χ0) is 46.3. The van der Waals surface area contributed by atoms with Crippen LogP contribution in [0.4, 0.5) is 9.59 Å². The maximum atomic E-state index is 14.2. The first kappa shape index (κ1) is 44.4. The molecule has 4 aliphatic rings. The summed E-state index contributed by atoms with van der Waals surface area (Å²) in [6.07, 6.45) is 6.41. The molecule has 13 heteroatoms. The van der Waals surface area contributed by atoms with Crippen molar-refractivity contribution in [3.63, 3.8) is 0 Å². The maximum Gasteiger partial charge on any atom is 0.408 e. The van der Waals surface area contributed by atoms with Crippen molar-refractivity contribution >= 4 is 46.1 Å². The predicted octanol–water partition coefficient (Wildman–Crippen LogP) is 9.70. The van der Waals surface area contributed by atoms with Gasteiger partial charge in [-0.15, -0.1) is 0 Å². The van der Waals surface area contributed by atoms with Gasteiger partial charge in [0.05, 0.1) is 31.1 Å². The SMILES string of the molecule is COC(=O)N[C@H](C(=O)N1CCC[C@H]1C1=NC2=C(C1)c1ccc(-c3ccc4cc(-c5cnc([C@@H]6CCCN6C(=O)[C@H](NC(=O)OC(C)(C)C)c6ccccc6)[nH]5)ccc4c3)cc1CC2)C(C)C. The van der Waals surface area contributed by atoms with Crippen LogP contribution in [0, 0.1) is 5.92 Å². The molecule has 2 saturated heterocycles. The zero-order valence-electron chi connectivity index (χ0n) is 38.6. The van der Waals surface area contributed by atoms with Gasteiger partial charge in [-0.25, -0.2) is 14.6 Å². The van der Waals surface area contributed by atoms with E-state index in [2.05, 4.69) is 70.2 Å². The second-order valence-electron chi connectivity index (χ2n) is 19.3. The fourth-order valence-corrected chi connectivity index (χ4v) is 10.1. The van der Waals surface area contributed by atoms with Crippen LogP contribution in [0.25, 0.3) is 38.7 Å². The number of aromatic amines is 1. The number of carbonyl (C=O) groups excluding carboxylic acids is 4. The minimum atomic E-state index is -0.903. The van der Waals surface area contributed by atoms with E-state index in [1.54, 1.807) is 20.8 Å². The number of nitrogens with one attached hydrogen (secondary N) is 3. The molecular formula is C53H59N7O6. The molecule has 4 atom stereocenters. The maximum absolute atomic E-state index is 14.2. The number of alkyl carbamates (subject to hydrolysis) is 2. The molecule has 5 aromatic rings. The van der Waals surface area contributed by atoms with Gasteiger partial charge in [-0.3, -0.25) is 14.6 Å². The minimum Gasteiger partial charge on any atom is -0.453 e. The fraction of sp³-hybridized carbons (Fsp3) is 0.396. The first-order valence-corrected chi connectivity index (χ1v) is 23.3. The quantitative estimate of drug-likeness (QED) is 0.126. The Hall–Kier alpha value is -6.76. The number of aliphatic imine (C=N–C) groups is 1. The Morgan fingerprint density at radius 1 is 0.773 bits per heavy atom. The van der Waals surface area contributed by atoms with Gasteiger partial charge < -0.3 is 34.9 Å². The summed E-state index contributed by atoms with van der Waals surface area (Å²) in [5.74, 6) is 0.348. The number of benzene rings is 4. The molecule has 342 valence electrons. The van der Waals surface area contributed by atoms with Crippen molar-refractivity contribution in [3.8, 4) is 22.4 Å². The van der Waals surface area contributed by atoms with E-state index in [1.165, 1.54) is 23.8 Å². The largest absolute Gasteiger partial charge is 0.453 e. The molecule has 13 nitrogen and oxygen atoms in total. The number of aryl methyl sites for hydroxylation is 1. The Morgan fingerprint density at radius 2 is 1.44 bits per heavy atom. The summed E-state index contributed by atoms with van der Waals surface area (Å²) in [6.45, 7) is 10.5. The van der Waals surface area contributed by atoms with Crippen molar-refractivity contribution < 1.29 is 28.7 Å².